The van der Waals surface area contributed by atoms with Crippen molar-refractivity contribution in [2.24, 2.45) is 0 Å². The number of benzene rings is 2. The van der Waals surface area contributed by atoms with Crippen LogP contribution in [0.15, 0.2) is 59.2 Å². The first kappa shape index (κ1) is 29.5. The molecule has 37 heavy (non-hydrogen) atoms. The second-order valence-electron chi connectivity index (χ2n) is 10.8. The van der Waals surface area contributed by atoms with Crippen LogP contribution in [0.4, 0.5) is 0 Å². The van der Waals surface area contributed by atoms with Crippen LogP contribution < -0.4 is 0 Å². The summed E-state index contributed by atoms with van der Waals surface area (Å²) in [6, 6.07) is 18.9. The fourth-order valence-corrected chi connectivity index (χ4v) is 16.8. The zero-order valence-corrected chi connectivity index (χ0v) is 27.2. The molecule has 2 aromatic rings. The molecule has 3 heteroatoms. The quantitative estimate of drug-likeness (QED) is 0.140. The monoisotopic (exact) mass is 566 g/mol. The number of rotatable bonds is 16. The molecule has 2 unspecified atom stereocenters. The van der Waals surface area contributed by atoms with Gasteiger partial charge in [0.05, 0.1) is 0 Å². The van der Waals surface area contributed by atoms with Crippen LogP contribution in [0.25, 0.3) is 12.2 Å². The SMILES string of the molecule is CCCCP(CCCC)C1=Cc2ccccc2[CH]1[Ti][CH]1C(P(CCCC)CCCC)=Cc2ccccc21. The van der Waals surface area contributed by atoms with Gasteiger partial charge in [-0.25, -0.2) is 0 Å². The van der Waals surface area contributed by atoms with Gasteiger partial charge in [0.2, 0.25) is 0 Å². The summed E-state index contributed by atoms with van der Waals surface area (Å²) in [5.74, 6) is 0. The Labute approximate surface area is 239 Å². The molecule has 0 aliphatic heterocycles. The van der Waals surface area contributed by atoms with Crippen molar-refractivity contribution in [3.8, 4) is 0 Å². The van der Waals surface area contributed by atoms with Gasteiger partial charge in [0.15, 0.2) is 0 Å². The standard InChI is InChI=1S/2C17H24P.Ti/c2*1-3-5-11-18(12-6-4-2)17-13-15-9-7-8-10-16(15)14-17;/h2*7-10,13-14H,3-6,11-12H2,1-2H3;. The van der Waals surface area contributed by atoms with Crippen LogP contribution in [-0.4, -0.2) is 24.6 Å². The van der Waals surface area contributed by atoms with Crippen molar-refractivity contribution < 1.29 is 19.2 Å². The van der Waals surface area contributed by atoms with Gasteiger partial charge >= 0.3 is 241 Å². The Morgan fingerprint density at radius 2 is 0.892 bits per heavy atom. The van der Waals surface area contributed by atoms with Crippen molar-refractivity contribution in [3.05, 3.63) is 81.4 Å². The van der Waals surface area contributed by atoms with E-state index in [4.69, 9.17) is 0 Å². The summed E-state index contributed by atoms with van der Waals surface area (Å²) in [7, 11) is -0.0337. The van der Waals surface area contributed by atoms with E-state index in [0.29, 0.717) is 0 Å². The first-order chi connectivity index (χ1) is 18.2. The molecule has 2 aliphatic rings. The average Bonchev–Trinajstić information content (AvgIpc) is 3.48. The summed E-state index contributed by atoms with van der Waals surface area (Å²) in [4.78, 5) is 0. The molecule has 2 atom stereocenters. The average molecular weight is 567 g/mol. The minimum absolute atomic E-state index is 0.0168. The summed E-state index contributed by atoms with van der Waals surface area (Å²) in [5.41, 5.74) is 6.44. The summed E-state index contributed by atoms with van der Waals surface area (Å²) in [6.07, 6.45) is 22.0. The Balaban J connectivity index is 1.69. The zero-order valence-electron chi connectivity index (χ0n) is 23.8. The van der Waals surface area contributed by atoms with Gasteiger partial charge < -0.3 is 0 Å². The van der Waals surface area contributed by atoms with Crippen molar-refractivity contribution in [3.63, 3.8) is 0 Å². The van der Waals surface area contributed by atoms with Crippen molar-refractivity contribution in [1.82, 2.24) is 0 Å². The summed E-state index contributed by atoms with van der Waals surface area (Å²) in [5, 5.41) is 3.77. The molecule has 0 N–H and O–H groups in total. The number of hydrogen-bond donors (Lipinski definition) is 0. The van der Waals surface area contributed by atoms with Crippen LogP contribution in [0.2, 0.25) is 0 Å². The third-order valence-electron chi connectivity index (χ3n) is 8.00. The van der Waals surface area contributed by atoms with Crippen LogP contribution in [0, 0.1) is 0 Å². The van der Waals surface area contributed by atoms with E-state index in [2.05, 4.69) is 88.4 Å². The number of unbranched alkanes of at least 4 members (excludes halogenated alkanes) is 4. The van der Waals surface area contributed by atoms with Crippen LogP contribution in [0.3, 0.4) is 0 Å². The van der Waals surface area contributed by atoms with E-state index in [0.717, 1.165) is 8.45 Å². The molecule has 0 saturated carbocycles. The van der Waals surface area contributed by atoms with Gasteiger partial charge in [-0.15, -0.1) is 0 Å². The van der Waals surface area contributed by atoms with E-state index in [-0.39, 0.29) is 35.0 Å². The Morgan fingerprint density at radius 3 is 1.24 bits per heavy atom. The van der Waals surface area contributed by atoms with Gasteiger partial charge in [-0.3, -0.25) is 0 Å². The number of hydrogen-bond acceptors (Lipinski definition) is 0. The summed E-state index contributed by atoms with van der Waals surface area (Å²) >= 11 is -0.260. The van der Waals surface area contributed by atoms with Crippen LogP contribution in [0.1, 0.15) is 110 Å². The van der Waals surface area contributed by atoms with E-state index in [1.807, 2.05) is 10.6 Å². The molecule has 0 heterocycles. The summed E-state index contributed by atoms with van der Waals surface area (Å²) in [6.45, 7) is 9.49. The van der Waals surface area contributed by atoms with Gasteiger partial charge in [-0.05, 0) is 0 Å². The predicted octanol–water partition coefficient (Wildman–Crippen LogP) is 11.4. The molecule has 0 bridgehead atoms. The first-order valence-corrected chi connectivity index (χ1v) is 20.3. The molecular formula is C34H48P2Ti. The van der Waals surface area contributed by atoms with E-state index >= 15 is 0 Å². The molecule has 0 nitrogen and oxygen atoms in total. The second kappa shape index (κ2) is 15.3. The molecule has 0 amide bonds. The third-order valence-corrected chi connectivity index (χ3v) is 17.4. The Hall–Kier alpha value is -0.506. The van der Waals surface area contributed by atoms with Crippen molar-refractivity contribution in [1.29, 1.82) is 0 Å². The predicted molar refractivity (Wildman–Crippen MR) is 167 cm³/mol. The molecule has 0 spiro atoms. The van der Waals surface area contributed by atoms with Crippen LogP contribution >= 0.6 is 15.8 Å². The van der Waals surface area contributed by atoms with E-state index in [1.165, 1.54) is 76.0 Å². The van der Waals surface area contributed by atoms with Gasteiger partial charge in [0.25, 0.3) is 0 Å². The Kier molecular flexibility index (Phi) is 12.2. The van der Waals surface area contributed by atoms with Crippen molar-refractivity contribution in [2.45, 2.75) is 87.5 Å². The van der Waals surface area contributed by atoms with Crippen molar-refractivity contribution in [2.75, 3.05) is 24.6 Å². The zero-order chi connectivity index (χ0) is 26.0. The second-order valence-corrected chi connectivity index (χ2v) is 18.1. The number of fused-ring (bicyclic) bond motifs is 2. The molecule has 198 valence electrons. The molecule has 0 saturated heterocycles. The summed E-state index contributed by atoms with van der Waals surface area (Å²) < 4.78 is 1.45. The van der Waals surface area contributed by atoms with Crippen molar-refractivity contribution >= 4 is 28.0 Å². The molecule has 0 radical (unpaired) electrons. The first-order valence-electron chi connectivity index (χ1n) is 15.1. The maximum atomic E-state index is 2.68. The third kappa shape index (κ3) is 7.37. The fourth-order valence-electron chi connectivity index (χ4n) is 5.82. The van der Waals surface area contributed by atoms with Gasteiger partial charge in [-0.1, -0.05) is 0 Å². The van der Waals surface area contributed by atoms with Gasteiger partial charge in [-0.2, -0.15) is 0 Å². The molecule has 2 aliphatic carbocycles. The molecule has 2 aromatic carbocycles. The van der Waals surface area contributed by atoms with Crippen LogP contribution in [-0.2, 0) is 19.2 Å². The molecule has 0 fully saturated rings. The normalized spacial score (nSPS) is 18.2. The molecule has 4 rings (SSSR count). The van der Waals surface area contributed by atoms with Gasteiger partial charge in [0.1, 0.15) is 0 Å². The van der Waals surface area contributed by atoms with Gasteiger partial charge in [0, 0.05) is 0 Å². The minimum atomic E-state index is -0.260. The Bertz CT molecular complexity index is 956. The maximum absolute atomic E-state index is 2.68. The topological polar surface area (TPSA) is 0 Å². The van der Waals surface area contributed by atoms with Crippen LogP contribution in [0.5, 0.6) is 0 Å². The van der Waals surface area contributed by atoms with E-state index < -0.39 is 0 Å². The van der Waals surface area contributed by atoms with E-state index in [9.17, 15) is 0 Å². The number of allylic oxidation sites excluding steroid dienone is 2. The molecular weight excluding hydrogens is 518 g/mol. The Morgan fingerprint density at radius 1 is 0.541 bits per heavy atom. The van der Waals surface area contributed by atoms with E-state index in [1.54, 1.807) is 22.3 Å². The molecule has 0 aromatic heterocycles. The fraction of sp³-hybridized carbons (Fsp3) is 0.529.